The first-order chi connectivity index (χ1) is 9.15. The van der Waals surface area contributed by atoms with Crippen LogP contribution in [0.15, 0.2) is 18.2 Å². The van der Waals surface area contributed by atoms with E-state index < -0.39 is 0 Å². The van der Waals surface area contributed by atoms with Crippen molar-refractivity contribution in [2.24, 2.45) is 0 Å². The van der Waals surface area contributed by atoms with Gasteiger partial charge in [0.1, 0.15) is 5.82 Å². The molecule has 3 rings (SSSR count). The molecule has 1 saturated heterocycles. The molecule has 0 bridgehead atoms. The van der Waals surface area contributed by atoms with Crippen LogP contribution in [0, 0.1) is 5.82 Å². The Kier molecular flexibility index (Phi) is 3.59. The van der Waals surface area contributed by atoms with Crippen molar-refractivity contribution in [1.29, 1.82) is 0 Å². The van der Waals surface area contributed by atoms with Gasteiger partial charge in [-0.3, -0.25) is 0 Å². The highest BCUT2D eigenvalue weighted by molar-refractivity contribution is 5.34. The molecule has 1 aromatic rings. The molecule has 2 nitrogen and oxygen atoms in total. The van der Waals surface area contributed by atoms with E-state index in [1.807, 2.05) is 6.07 Å². The van der Waals surface area contributed by atoms with Gasteiger partial charge in [0.15, 0.2) is 0 Å². The van der Waals surface area contributed by atoms with Crippen LogP contribution < -0.4 is 5.43 Å². The lowest BCUT2D eigenvalue weighted by atomic mass is 9.99. The SMILES string of the molecule is CC1CCCC(C)N1NC1CCc2cc(F)ccc21. The summed E-state index contributed by atoms with van der Waals surface area (Å²) in [6.07, 6.45) is 5.92. The Bertz CT molecular complexity index is 450. The third-order valence-electron chi connectivity index (χ3n) is 4.68. The van der Waals surface area contributed by atoms with Crippen molar-refractivity contribution in [1.82, 2.24) is 10.4 Å². The molecule has 19 heavy (non-hydrogen) atoms. The minimum atomic E-state index is -0.112. The number of fused-ring (bicyclic) bond motifs is 1. The second-order valence-electron chi connectivity index (χ2n) is 6.10. The minimum Gasteiger partial charge on any atom is -0.247 e. The number of benzene rings is 1. The fraction of sp³-hybridized carbons (Fsp3) is 0.625. The highest BCUT2D eigenvalue weighted by Gasteiger charge is 2.30. The van der Waals surface area contributed by atoms with Gasteiger partial charge in [-0.2, -0.15) is 0 Å². The number of hydrogen-bond acceptors (Lipinski definition) is 2. The van der Waals surface area contributed by atoms with Crippen molar-refractivity contribution >= 4 is 0 Å². The molecule has 0 radical (unpaired) electrons. The molecule has 1 N–H and O–H groups in total. The lowest BCUT2D eigenvalue weighted by Gasteiger charge is -2.41. The maximum absolute atomic E-state index is 13.2. The molecule has 0 spiro atoms. The number of nitrogens with zero attached hydrogens (tertiary/aromatic N) is 1. The van der Waals surface area contributed by atoms with Crippen LogP contribution >= 0.6 is 0 Å². The number of halogens is 1. The zero-order valence-corrected chi connectivity index (χ0v) is 11.8. The van der Waals surface area contributed by atoms with E-state index in [1.54, 1.807) is 12.1 Å². The molecule has 0 saturated carbocycles. The quantitative estimate of drug-likeness (QED) is 0.876. The zero-order valence-electron chi connectivity index (χ0n) is 11.8. The predicted octanol–water partition coefficient (Wildman–Crippen LogP) is 3.58. The van der Waals surface area contributed by atoms with Gasteiger partial charge in [0, 0.05) is 18.1 Å². The standard InChI is InChI=1S/C16H23FN2/c1-11-4-3-5-12(2)19(11)18-16-9-6-13-10-14(17)7-8-15(13)16/h7-8,10-12,16,18H,3-6,9H2,1-2H3. The van der Waals surface area contributed by atoms with Gasteiger partial charge in [-0.05, 0) is 62.8 Å². The molecule has 1 aliphatic carbocycles. The van der Waals surface area contributed by atoms with Crippen LogP contribution in [-0.2, 0) is 6.42 Å². The Balaban J connectivity index is 1.75. The van der Waals surface area contributed by atoms with Crippen molar-refractivity contribution in [2.45, 2.75) is 64.1 Å². The van der Waals surface area contributed by atoms with Crippen LogP contribution in [0.3, 0.4) is 0 Å². The maximum atomic E-state index is 13.2. The van der Waals surface area contributed by atoms with E-state index >= 15 is 0 Å². The van der Waals surface area contributed by atoms with Gasteiger partial charge in [0.25, 0.3) is 0 Å². The fourth-order valence-corrected chi connectivity index (χ4v) is 3.58. The smallest absolute Gasteiger partial charge is 0.123 e. The molecule has 3 unspecified atom stereocenters. The number of piperidine rings is 1. The highest BCUT2D eigenvalue weighted by atomic mass is 19.1. The van der Waals surface area contributed by atoms with Crippen molar-refractivity contribution in [3.63, 3.8) is 0 Å². The minimum absolute atomic E-state index is 0.112. The normalized spacial score (nSPS) is 31.4. The van der Waals surface area contributed by atoms with Gasteiger partial charge in [-0.1, -0.05) is 12.5 Å². The molecule has 3 heteroatoms. The van der Waals surface area contributed by atoms with Gasteiger partial charge in [0.2, 0.25) is 0 Å². The van der Waals surface area contributed by atoms with E-state index in [9.17, 15) is 4.39 Å². The van der Waals surface area contributed by atoms with Gasteiger partial charge in [-0.25, -0.2) is 14.8 Å². The molecular formula is C16H23FN2. The molecular weight excluding hydrogens is 239 g/mol. The third-order valence-corrected chi connectivity index (χ3v) is 4.68. The summed E-state index contributed by atoms with van der Waals surface area (Å²) in [6, 6.07) is 6.77. The van der Waals surface area contributed by atoms with E-state index in [1.165, 1.54) is 30.4 Å². The van der Waals surface area contributed by atoms with Crippen molar-refractivity contribution in [2.75, 3.05) is 0 Å². The average Bonchev–Trinajstić information content (AvgIpc) is 2.76. The summed E-state index contributed by atoms with van der Waals surface area (Å²) >= 11 is 0. The van der Waals surface area contributed by atoms with E-state index in [-0.39, 0.29) is 5.82 Å². The van der Waals surface area contributed by atoms with Gasteiger partial charge in [0.05, 0.1) is 0 Å². The monoisotopic (exact) mass is 262 g/mol. The van der Waals surface area contributed by atoms with Crippen LogP contribution in [0.2, 0.25) is 0 Å². The summed E-state index contributed by atoms with van der Waals surface area (Å²) in [5.41, 5.74) is 6.16. The average molecular weight is 262 g/mol. The molecule has 0 amide bonds. The molecule has 1 aliphatic heterocycles. The first-order valence-electron chi connectivity index (χ1n) is 7.48. The lowest BCUT2D eigenvalue weighted by molar-refractivity contribution is 0.0293. The van der Waals surface area contributed by atoms with Crippen LogP contribution in [0.5, 0.6) is 0 Å². The van der Waals surface area contributed by atoms with Gasteiger partial charge >= 0.3 is 0 Å². The van der Waals surface area contributed by atoms with Crippen molar-refractivity contribution < 1.29 is 4.39 Å². The van der Waals surface area contributed by atoms with Crippen LogP contribution in [0.4, 0.5) is 4.39 Å². The Labute approximate surface area is 115 Å². The molecule has 1 fully saturated rings. The highest BCUT2D eigenvalue weighted by Crippen LogP contribution is 2.33. The molecule has 104 valence electrons. The second kappa shape index (κ2) is 5.22. The van der Waals surface area contributed by atoms with Gasteiger partial charge < -0.3 is 0 Å². The summed E-state index contributed by atoms with van der Waals surface area (Å²) in [7, 11) is 0. The summed E-state index contributed by atoms with van der Waals surface area (Å²) in [5.74, 6) is -0.112. The Hall–Kier alpha value is -0.930. The Morgan fingerprint density at radius 3 is 2.63 bits per heavy atom. The van der Waals surface area contributed by atoms with Crippen molar-refractivity contribution in [3.8, 4) is 0 Å². The number of hydrazine groups is 1. The topological polar surface area (TPSA) is 15.3 Å². The number of aryl methyl sites for hydroxylation is 1. The first-order valence-corrected chi connectivity index (χ1v) is 7.48. The maximum Gasteiger partial charge on any atom is 0.123 e. The van der Waals surface area contributed by atoms with E-state index in [2.05, 4.69) is 24.3 Å². The molecule has 1 aromatic carbocycles. The number of nitrogens with one attached hydrogen (secondary N) is 1. The van der Waals surface area contributed by atoms with Crippen LogP contribution in [-0.4, -0.2) is 17.1 Å². The van der Waals surface area contributed by atoms with E-state index in [4.69, 9.17) is 0 Å². The molecule has 0 aromatic heterocycles. The number of hydrogen-bond donors (Lipinski definition) is 1. The van der Waals surface area contributed by atoms with Crippen molar-refractivity contribution in [3.05, 3.63) is 35.1 Å². The summed E-state index contributed by atoms with van der Waals surface area (Å²) in [5, 5.41) is 2.42. The molecule has 3 atom stereocenters. The largest absolute Gasteiger partial charge is 0.247 e. The predicted molar refractivity (Wildman–Crippen MR) is 75.2 cm³/mol. The lowest BCUT2D eigenvalue weighted by Crippen LogP contribution is -2.52. The summed E-state index contributed by atoms with van der Waals surface area (Å²) in [6.45, 7) is 4.59. The zero-order chi connectivity index (χ0) is 13.4. The second-order valence-corrected chi connectivity index (χ2v) is 6.10. The van der Waals surface area contributed by atoms with Crippen LogP contribution in [0.25, 0.3) is 0 Å². The van der Waals surface area contributed by atoms with E-state index in [0.29, 0.717) is 18.1 Å². The Morgan fingerprint density at radius 1 is 1.16 bits per heavy atom. The molecule has 2 aliphatic rings. The summed E-state index contributed by atoms with van der Waals surface area (Å²) < 4.78 is 13.2. The third kappa shape index (κ3) is 2.54. The van der Waals surface area contributed by atoms with Gasteiger partial charge in [-0.15, -0.1) is 0 Å². The fourth-order valence-electron chi connectivity index (χ4n) is 3.58. The Morgan fingerprint density at radius 2 is 1.89 bits per heavy atom. The first kappa shape index (κ1) is 13.1. The number of rotatable bonds is 2. The van der Waals surface area contributed by atoms with Crippen LogP contribution in [0.1, 0.15) is 56.7 Å². The van der Waals surface area contributed by atoms with E-state index in [0.717, 1.165) is 12.8 Å². The summed E-state index contributed by atoms with van der Waals surface area (Å²) in [4.78, 5) is 0. The molecule has 1 heterocycles.